The van der Waals surface area contributed by atoms with E-state index in [0.717, 1.165) is 49.5 Å². The summed E-state index contributed by atoms with van der Waals surface area (Å²) in [6.07, 6.45) is 4.48. The number of likely N-dealkylation sites (tertiary alicyclic amines) is 1. The summed E-state index contributed by atoms with van der Waals surface area (Å²) in [5, 5.41) is 1.02. The van der Waals surface area contributed by atoms with Gasteiger partial charge in [0.2, 0.25) is 0 Å². The third kappa shape index (κ3) is 3.27. The number of urea groups is 1. The summed E-state index contributed by atoms with van der Waals surface area (Å²) >= 11 is 0. The molecule has 2 atom stereocenters. The highest BCUT2D eigenvalue weighted by Crippen LogP contribution is 2.28. The van der Waals surface area contributed by atoms with Crippen molar-refractivity contribution in [3.05, 3.63) is 18.6 Å². The molecule has 1 fully saturated rings. The number of H-pyrrole nitrogens is 1. The van der Waals surface area contributed by atoms with Gasteiger partial charge in [-0.25, -0.2) is 14.8 Å². The van der Waals surface area contributed by atoms with Crippen LogP contribution in [0.4, 0.5) is 10.6 Å². The molecule has 0 bridgehead atoms. The van der Waals surface area contributed by atoms with E-state index in [1.165, 1.54) is 0 Å². The smallest absolute Gasteiger partial charge is 0.320 e. The average Bonchev–Trinajstić information content (AvgIpc) is 3.11. The fraction of sp³-hybridized carbons (Fsp3) is 0.611. The predicted octanol–water partition coefficient (Wildman–Crippen LogP) is 2.57. The van der Waals surface area contributed by atoms with Crippen LogP contribution in [0.15, 0.2) is 18.6 Å². The molecule has 3 rings (SSSR count). The summed E-state index contributed by atoms with van der Waals surface area (Å²) in [4.78, 5) is 30.8. The molecule has 3 heterocycles. The summed E-state index contributed by atoms with van der Waals surface area (Å²) in [5.74, 6) is 1.41. The van der Waals surface area contributed by atoms with Crippen LogP contribution in [0.1, 0.15) is 27.2 Å². The second-order valence-corrected chi connectivity index (χ2v) is 6.78. The Kier molecular flexibility index (Phi) is 5.11. The minimum absolute atomic E-state index is 0.143. The van der Waals surface area contributed by atoms with E-state index in [-0.39, 0.29) is 12.1 Å². The number of amides is 2. The van der Waals surface area contributed by atoms with Gasteiger partial charge in [-0.3, -0.25) is 0 Å². The lowest BCUT2D eigenvalue weighted by atomic mass is 9.92. The molecule has 1 aliphatic rings. The van der Waals surface area contributed by atoms with E-state index in [2.05, 4.69) is 33.8 Å². The molecule has 7 heteroatoms. The van der Waals surface area contributed by atoms with Crippen LogP contribution in [0.5, 0.6) is 0 Å². The first-order valence-electron chi connectivity index (χ1n) is 9.11. The number of piperidine rings is 1. The number of aromatic nitrogens is 3. The van der Waals surface area contributed by atoms with E-state index in [9.17, 15) is 4.79 Å². The molecule has 1 aliphatic heterocycles. The Morgan fingerprint density at radius 3 is 2.84 bits per heavy atom. The van der Waals surface area contributed by atoms with Gasteiger partial charge in [-0.05, 0) is 32.3 Å². The quantitative estimate of drug-likeness (QED) is 0.925. The Balaban J connectivity index is 1.82. The number of hydrogen-bond donors (Lipinski definition) is 1. The monoisotopic (exact) mass is 344 g/mol. The Bertz CT molecular complexity index is 725. The van der Waals surface area contributed by atoms with Gasteiger partial charge in [0.25, 0.3) is 0 Å². The maximum Gasteiger partial charge on any atom is 0.320 e. The lowest BCUT2D eigenvalue weighted by molar-refractivity contribution is 0.129. The minimum atomic E-state index is 0.143. The summed E-state index contributed by atoms with van der Waals surface area (Å²) < 4.78 is 0. The zero-order valence-electron chi connectivity index (χ0n) is 15.6. The number of rotatable bonds is 4. The van der Waals surface area contributed by atoms with Gasteiger partial charge in [0.15, 0.2) is 0 Å². The molecule has 2 aromatic heterocycles. The van der Waals surface area contributed by atoms with E-state index in [0.29, 0.717) is 5.92 Å². The first-order chi connectivity index (χ1) is 12.1. The highest BCUT2D eigenvalue weighted by molar-refractivity contribution is 5.87. The largest absolute Gasteiger partial charge is 0.354 e. The average molecular weight is 344 g/mol. The Hall–Kier alpha value is -2.31. The second-order valence-electron chi connectivity index (χ2n) is 6.78. The van der Waals surface area contributed by atoms with Gasteiger partial charge in [0, 0.05) is 39.4 Å². The summed E-state index contributed by atoms with van der Waals surface area (Å²) in [5.41, 5.74) is 0.844. The predicted molar refractivity (Wildman–Crippen MR) is 99.8 cm³/mol. The number of carbonyl (C=O) groups excluding carboxylic acids is 1. The SMILES string of the molecule is CCN(CC)C(=O)N1CCC(C)C(N(C)c2ncnc3[nH]ccc23)C1. The van der Waals surface area contributed by atoms with Crippen molar-refractivity contribution >= 4 is 22.9 Å². The standard InChI is InChI=1S/C18H28N6O/c1-5-23(6-2)18(25)24-10-8-13(3)15(11-24)22(4)17-14-7-9-19-16(14)20-12-21-17/h7,9,12-13,15H,5-6,8,10-11H2,1-4H3,(H,19,20,21). The Labute approximate surface area is 149 Å². The van der Waals surface area contributed by atoms with Crippen molar-refractivity contribution in [2.24, 2.45) is 5.92 Å². The van der Waals surface area contributed by atoms with Gasteiger partial charge >= 0.3 is 6.03 Å². The van der Waals surface area contributed by atoms with Crippen LogP contribution in [0, 0.1) is 5.92 Å². The zero-order valence-corrected chi connectivity index (χ0v) is 15.6. The number of nitrogens with zero attached hydrogens (tertiary/aromatic N) is 5. The summed E-state index contributed by atoms with van der Waals surface area (Å²) in [6, 6.07) is 2.39. The van der Waals surface area contributed by atoms with E-state index in [1.807, 2.05) is 35.9 Å². The van der Waals surface area contributed by atoms with Gasteiger partial charge in [-0.2, -0.15) is 0 Å². The van der Waals surface area contributed by atoms with E-state index < -0.39 is 0 Å². The molecule has 2 amide bonds. The highest BCUT2D eigenvalue weighted by atomic mass is 16.2. The van der Waals surface area contributed by atoms with E-state index >= 15 is 0 Å². The number of fused-ring (bicyclic) bond motifs is 1. The molecule has 1 saturated heterocycles. The third-order valence-corrected chi connectivity index (χ3v) is 5.39. The molecule has 2 aromatic rings. The van der Waals surface area contributed by atoms with Crippen molar-refractivity contribution in [2.75, 3.05) is 38.1 Å². The topological polar surface area (TPSA) is 68.4 Å². The van der Waals surface area contributed by atoms with Gasteiger partial charge in [-0.1, -0.05) is 6.92 Å². The van der Waals surface area contributed by atoms with Crippen molar-refractivity contribution in [3.63, 3.8) is 0 Å². The van der Waals surface area contributed by atoms with Crippen molar-refractivity contribution in [1.29, 1.82) is 0 Å². The zero-order chi connectivity index (χ0) is 18.0. The highest BCUT2D eigenvalue weighted by Gasteiger charge is 2.33. The molecule has 7 nitrogen and oxygen atoms in total. The molecular formula is C18H28N6O. The molecule has 0 aromatic carbocycles. The number of hydrogen-bond acceptors (Lipinski definition) is 4. The number of anilines is 1. The molecule has 2 unspecified atom stereocenters. The van der Waals surface area contributed by atoms with Crippen molar-refractivity contribution < 1.29 is 4.79 Å². The van der Waals surface area contributed by atoms with E-state index in [1.54, 1.807) is 6.33 Å². The van der Waals surface area contributed by atoms with Crippen molar-refractivity contribution in [2.45, 2.75) is 33.2 Å². The molecule has 136 valence electrons. The third-order valence-electron chi connectivity index (χ3n) is 5.39. The summed E-state index contributed by atoms with van der Waals surface area (Å²) in [7, 11) is 2.07. The molecule has 0 spiro atoms. The van der Waals surface area contributed by atoms with Gasteiger partial charge in [-0.15, -0.1) is 0 Å². The minimum Gasteiger partial charge on any atom is -0.354 e. The fourth-order valence-electron chi connectivity index (χ4n) is 3.72. The Morgan fingerprint density at radius 1 is 1.36 bits per heavy atom. The molecule has 0 aliphatic carbocycles. The fourth-order valence-corrected chi connectivity index (χ4v) is 3.72. The van der Waals surface area contributed by atoms with Crippen LogP contribution in [-0.2, 0) is 0 Å². The number of carbonyl (C=O) groups is 1. The van der Waals surface area contributed by atoms with Crippen LogP contribution in [-0.4, -0.2) is 70.1 Å². The molecule has 0 saturated carbocycles. The van der Waals surface area contributed by atoms with Crippen molar-refractivity contribution in [1.82, 2.24) is 24.8 Å². The lowest BCUT2D eigenvalue weighted by Gasteiger charge is -2.43. The lowest BCUT2D eigenvalue weighted by Crippen LogP contribution is -2.55. The van der Waals surface area contributed by atoms with E-state index in [4.69, 9.17) is 0 Å². The van der Waals surface area contributed by atoms with Crippen LogP contribution in [0.3, 0.4) is 0 Å². The molecule has 1 N–H and O–H groups in total. The van der Waals surface area contributed by atoms with Crippen LogP contribution in [0.2, 0.25) is 0 Å². The first-order valence-corrected chi connectivity index (χ1v) is 9.11. The van der Waals surface area contributed by atoms with Crippen LogP contribution >= 0.6 is 0 Å². The van der Waals surface area contributed by atoms with Crippen LogP contribution in [0.25, 0.3) is 11.0 Å². The maximum absolute atomic E-state index is 12.7. The van der Waals surface area contributed by atoms with Gasteiger partial charge in [0.05, 0.1) is 11.4 Å². The molecular weight excluding hydrogens is 316 g/mol. The second kappa shape index (κ2) is 7.29. The van der Waals surface area contributed by atoms with Gasteiger partial charge in [0.1, 0.15) is 17.8 Å². The number of likely N-dealkylation sites (N-methyl/N-ethyl adjacent to an activating group) is 1. The number of aromatic amines is 1. The number of nitrogens with one attached hydrogen (secondary N) is 1. The van der Waals surface area contributed by atoms with Crippen molar-refractivity contribution in [3.8, 4) is 0 Å². The molecule has 25 heavy (non-hydrogen) atoms. The maximum atomic E-state index is 12.7. The Morgan fingerprint density at radius 2 is 2.12 bits per heavy atom. The first kappa shape index (κ1) is 17.5. The summed E-state index contributed by atoms with van der Waals surface area (Å²) in [6.45, 7) is 9.36. The van der Waals surface area contributed by atoms with Crippen LogP contribution < -0.4 is 4.90 Å². The molecule has 0 radical (unpaired) electrons. The van der Waals surface area contributed by atoms with Gasteiger partial charge < -0.3 is 19.7 Å². The normalized spacial score (nSPS) is 20.7.